The highest BCUT2D eigenvalue weighted by atomic mass is 32.2. The molecule has 2 aromatic rings. The number of aryl methyl sites for hydroxylation is 1. The van der Waals surface area contributed by atoms with Crippen LogP contribution < -0.4 is 5.32 Å². The first kappa shape index (κ1) is 15.5. The number of halogens is 1. The molecule has 0 aliphatic carbocycles. The molecule has 2 rings (SSSR count). The normalized spacial score (nSPS) is 12.1. The maximum Gasteiger partial charge on any atom is 0.253 e. The van der Waals surface area contributed by atoms with Crippen molar-refractivity contribution in [3.63, 3.8) is 0 Å². The third-order valence-electron chi connectivity index (χ3n) is 2.74. The fraction of sp³-hybridized carbons (Fsp3) is 0.308. The van der Waals surface area contributed by atoms with Gasteiger partial charge in [0, 0.05) is 19.3 Å². The Hall–Kier alpha value is -1.93. The Balaban J connectivity index is 1.76. The van der Waals surface area contributed by atoms with Crippen molar-refractivity contribution in [3.05, 3.63) is 42.0 Å². The second-order valence-electron chi connectivity index (χ2n) is 4.32. The first-order chi connectivity index (χ1) is 10.1. The summed E-state index contributed by atoms with van der Waals surface area (Å²) in [6, 6.07) is 5.17. The van der Waals surface area contributed by atoms with Crippen LogP contribution in [0.3, 0.4) is 0 Å². The van der Waals surface area contributed by atoms with Crippen LogP contribution >= 0.6 is 11.8 Å². The largest absolute Gasteiger partial charge is 0.378 e. The predicted octanol–water partition coefficient (Wildman–Crippen LogP) is 0.896. The van der Waals surface area contributed by atoms with Crippen LogP contribution in [0.1, 0.15) is 11.7 Å². The molecule has 0 fully saturated rings. The quantitative estimate of drug-likeness (QED) is 0.612. The second kappa shape index (κ2) is 7.19. The van der Waals surface area contributed by atoms with Gasteiger partial charge in [0.25, 0.3) is 5.91 Å². The van der Waals surface area contributed by atoms with E-state index < -0.39 is 17.8 Å². The van der Waals surface area contributed by atoms with E-state index in [4.69, 9.17) is 0 Å². The number of aliphatic hydroxyl groups excluding tert-OH is 1. The number of thioether (sulfide) groups is 1. The molecule has 112 valence electrons. The molecular formula is C13H15FN4O2S. The summed E-state index contributed by atoms with van der Waals surface area (Å²) in [5, 5.41) is 20.9. The zero-order chi connectivity index (χ0) is 15.2. The van der Waals surface area contributed by atoms with Crippen LogP contribution in [-0.2, 0) is 11.8 Å². The molecule has 0 saturated heterocycles. The first-order valence-electron chi connectivity index (χ1n) is 6.26. The van der Waals surface area contributed by atoms with Crippen molar-refractivity contribution in [2.24, 2.45) is 7.05 Å². The lowest BCUT2D eigenvalue weighted by molar-refractivity contribution is -0.129. The molecule has 0 radical (unpaired) electrons. The van der Waals surface area contributed by atoms with E-state index in [-0.39, 0.29) is 0 Å². The molecule has 1 aromatic carbocycles. The van der Waals surface area contributed by atoms with Gasteiger partial charge in [0.2, 0.25) is 0 Å². The van der Waals surface area contributed by atoms with Crippen LogP contribution in [0.5, 0.6) is 0 Å². The smallest absolute Gasteiger partial charge is 0.253 e. The topological polar surface area (TPSA) is 80.0 Å². The van der Waals surface area contributed by atoms with Gasteiger partial charge in [-0.25, -0.2) is 4.39 Å². The van der Waals surface area contributed by atoms with Gasteiger partial charge in [-0.05, 0) is 17.7 Å². The fourth-order valence-corrected chi connectivity index (χ4v) is 2.36. The number of nitrogens with one attached hydrogen (secondary N) is 1. The van der Waals surface area contributed by atoms with E-state index in [0.29, 0.717) is 17.9 Å². The van der Waals surface area contributed by atoms with Crippen LogP contribution in [-0.4, -0.2) is 38.1 Å². The number of benzene rings is 1. The SMILES string of the molecule is Cn1cnnc1SCCNC(=O)C(O)c1ccc(F)cc1. The number of carbonyl (C=O) groups is 1. The molecule has 1 heterocycles. The highest BCUT2D eigenvalue weighted by Crippen LogP contribution is 2.14. The van der Waals surface area contributed by atoms with Crippen molar-refractivity contribution in [1.29, 1.82) is 0 Å². The summed E-state index contributed by atoms with van der Waals surface area (Å²) in [5.41, 5.74) is 0.356. The summed E-state index contributed by atoms with van der Waals surface area (Å²) in [7, 11) is 1.83. The Morgan fingerprint density at radius 3 is 2.81 bits per heavy atom. The third-order valence-corrected chi connectivity index (χ3v) is 3.77. The van der Waals surface area contributed by atoms with E-state index in [0.717, 1.165) is 5.16 Å². The first-order valence-corrected chi connectivity index (χ1v) is 7.24. The summed E-state index contributed by atoms with van der Waals surface area (Å²) >= 11 is 1.45. The van der Waals surface area contributed by atoms with Crippen molar-refractivity contribution in [1.82, 2.24) is 20.1 Å². The molecule has 0 aliphatic heterocycles. The van der Waals surface area contributed by atoms with Crippen molar-refractivity contribution < 1.29 is 14.3 Å². The average molecular weight is 310 g/mol. The number of rotatable bonds is 6. The van der Waals surface area contributed by atoms with Gasteiger partial charge in [0.1, 0.15) is 12.1 Å². The zero-order valence-electron chi connectivity index (χ0n) is 11.4. The lowest BCUT2D eigenvalue weighted by Crippen LogP contribution is -2.31. The summed E-state index contributed by atoms with van der Waals surface area (Å²) in [5.74, 6) is -0.319. The number of amides is 1. The second-order valence-corrected chi connectivity index (χ2v) is 5.38. The molecule has 1 atom stereocenters. The molecule has 0 saturated carbocycles. The van der Waals surface area contributed by atoms with E-state index >= 15 is 0 Å². The molecule has 2 N–H and O–H groups in total. The Kier molecular flexibility index (Phi) is 5.29. The molecular weight excluding hydrogens is 295 g/mol. The minimum Gasteiger partial charge on any atom is -0.378 e. The summed E-state index contributed by atoms with van der Waals surface area (Å²) in [4.78, 5) is 11.8. The van der Waals surface area contributed by atoms with Crippen LogP contribution in [0.2, 0.25) is 0 Å². The number of aromatic nitrogens is 3. The van der Waals surface area contributed by atoms with Gasteiger partial charge in [-0.2, -0.15) is 0 Å². The van der Waals surface area contributed by atoms with Gasteiger partial charge in [-0.15, -0.1) is 10.2 Å². The molecule has 1 amide bonds. The highest BCUT2D eigenvalue weighted by Gasteiger charge is 2.16. The van der Waals surface area contributed by atoms with Gasteiger partial charge in [-0.3, -0.25) is 4.79 Å². The van der Waals surface area contributed by atoms with Crippen LogP contribution in [0.15, 0.2) is 35.7 Å². The van der Waals surface area contributed by atoms with Crippen molar-refractivity contribution in [3.8, 4) is 0 Å². The number of aliphatic hydroxyl groups is 1. The van der Waals surface area contributed by atoms with Crippen LogP contribution in [0, 0.1) is 5.82 Å². The zero-order valence-corrected chi connectivity index (χ0v) is 12.2. The van der Waals surface area contributed by atoms with Gasteiger partial charge in [0.05, 0.1) is 0 Å². The van der Waals surface area contributed by atoms with E-state index in [9.17, 15) is 14.3 Å². The summed E-state index contributed by atoms with van der Waals surface area (Å²) < 4.78 is 14.5. The molecule has 0 spiro atoms. The predicted molar refractivity (Wildman–Crippen MR) is 76.1 cm³/mol. The maximum absolute atomic E-state index is 12.8. The minimum absolute atomic E-state index is 0.356. The number of hydrogen-bond acceptors (Lipinski definition) is 5. The Labute approximate surface area is 125 Å². The molecule has 8 heteroatoms. The molecule has 1 aromatic heterocycles. The van der Waals surface area contributed by atoms with Gasteiger partial charge in [-0.1, -0.05) is 23.9 Å². The van der Waals surface area contributed by atoms with Crippen molar-refractivity contribution in [2.45, 2.75) is 11.3 Å². The van der Waals surface area contributed by atoms with Gasteiger partial charge < -0.3 is 15.0 Å². The standard InChI is InChI=1S/C13H15FN4O2S/c1-18-8-16-17-13(18)21-7-6-15-12(20)11(19)9-2-4-10(14)5-3-9/h2-5,8,11,19H,6-7H2,1H3,(H,15,20). The number of nitrogens with zero attached hydrogens (tertiary/aromatic N) is 3. The molecule has 0 aliphatic rings. The van der Waals surface area contributed by atoms with Gasteiger partial charge in [0.15, 0.2) is 11.3 Å². The van der Waals surface area contributed by atoms with E-state index in [1.165, 1.54) is 36.0 Å². The minimum atomic E-state index is -1.30. The maximum atomic E-state index is 12.8. The molecule has 0 bridgehead atoms. The lowest BCUT2D eigenvalue weighted by Gasteiger charge is -2.11. The Morgan fingerprint density at radius 2 is 2.19 bits per heavy atom. The molecule has 1 unspecified atom stereocenters. The van der Waals surface area contributed by atoms with E-state index in [1.54, 1.807) is 10.9 Å². The van der Waals surface area contributed by atoms with Crippen LogP contribution in [0.25, 0.3) is 0 Å². The molecule has 6 nitrogen and oxygen atoms in total. The van der Waals surface area contributed by atoms with E-state index in [1.807, 2.05) is 7.05 Å². The number of hydrogen-bond donors (Lipinski definition) is 2. The Bertz CT molecular complexity index is 602. The van der Waals surface area contributed by atoms with Crippen molar-refractivity contribution >= 4 is 17.7 Å². The highest BCUT2D eigenvalue weighted by molar-refractivity contribution is 7.99. The third kappa shape index (κ3) is 4.27. The fourth-order valence-electron chi connectivity index (χ4n) is 1.61. The van der Waals surface area contributed by atoms with Crippen LogP contribution in [0.4, 0.5) is 4.39 Å². The summed E-state index contributed by atoms with van der Waals surface area (Å²) in [6.45, 7) is 0.384. The monoisotopic (exact) mass is 310 g/mol. The van der Waals surface area contributed by atoms with Gasteiger partial charge >= 0.3 is 0 Å². The summed E-state index contributed by atoms with van der Waals surface area (Å²) in [6.07, 6.45) is 0.296. The van der Waals surface area contributed by atoms with Crippen molar-refractivity contribution in [2.75, 3.05) is 12.3 Å². The Morgan fingerprint density at radius 1 is 1.48 bits per heavy atom. The van der Waals surface area contributed by atoms with E-state index in [2.05, 4.69) is 15.5 Å². The number of carbonyl (C=O) groups excluding carboxylic acids is 1. The lowest BCUT2D eigenvalue weighted by atomic mass is 10.1. The molecule has 21 heavy (non-hydrogen) atoms. The average Bonchev–Trinajstić information content (AvgIpc) is 2.89.